The molecule has 1 aromatic heterocycles. The Hall–Kier alpha value is -2.65. The third-order valence-corrected chi connectivity index (χ3v) is 6.40. The van der Waals surface area contributed by atoms with Crippen molar-refractivity contribution in [3.63, 3.8) is 0 Å². The van der Waals surface area contributed by atoms with Gasteiger partial charge >= 0.3 is 0 Å². The van der Waals surface area contributed by atoms with Crippen molar-refractivity contribution in [2.75, 3.05) is 13.1 Å². The molecule has 3 nitrogen and oxygen atoms in total. The van der Waals surface area contributed by atoms with E-state index in [1.165, 1.54) is 66.4 Å². The van der Waals surface area contributed by atoms with E-state index in [4.69, 9.17) is 4.98 Å². The first-order chi connectivity index (χ1) is 14.3. The highest BCUT2D eigenvalue weighted by molar-refractivity contribution is 5.83. The zero-order valence-corrected chi connectivity index (χ0v) is 17.2. The molecule has 0 amide bonds. The molecule has 1 saturated heterocycles. The lowest BCUT2D eigenvalue weighted by molar-refractivity contribution is 0.208. The molecule has 1 atom stereocenters. The summed E-state index contributed by atoms with van der Waals surface area (Å²) in [6.45, 7) is 5.56. The van der Waals surface area contributed by atoms with Gasteiger partial charge in [0.25, 0.3) is 0 Å². The molecule has 0 saturated carbocycles. The fraction of sp³-hybridized carbons (Fsp3) is 0.346. The molecule has 3 heteroatoms. The summed E-state index contributed by atoms with van der Waals surface area (Å²) in [5, 5.41) is 2.60. The van der Waals surface area contributed by atoms with Crippen LogP contribution >= 0.6 is 0 Å². The number of fused-ring (bicyclic) bond motifs is 2. The van der Waals surface area contributed by atoms with Crippen molar-refractivity contribution in [1.82, 2.24) is 14.5 Å². The number of aromatic nitrogens is 2. The predicted octanol–water partition coefficient (Wildman–Crippen LogP) is 6.17. The van der Waals surface area contributed by atoms with E-state index < -0.39 is 0 Å². The molecular weight excluding hydrogens is 354 g/mol. The number of imidazole rings is 1. The van der Waals surface area contributed by atoms with Gasteiger partial charge in [0.1, 0.15) is 5.82 Å². The summed E-state index contributed by atoms with van der Waals surface area (Å²) in [6, 6.07) is 24.3. The van der Waals surface area contributed by atoms with Gasteiger partial charge in [-0.15, -0.1) is 0 Å². The number of benzene rings is 3. The summed E-state index contributed by atoms with van der Waals surface area (Å²) in [5.74, 6) is 1.20. The number of rotatable bonds is 4. The highest BCUT2D eigenvalue weighted by atomic mass is 15.2. The summed E-state index contributed by atoms with van der Waals surface area (Å²) < 4.78 is 2.44. The van der Waals surface area contributed by atoms with E-state index in [0.717, 1.165) is 12.1 Å². The number of nitrogens with zero attached hydrogens (tertiary/aromatic N) is 3. The molecule has 5 rings (SSSR count). The van der Waals surface area contributed by atoms with Crippen LogP contribution in [0.15, 0.2) is 66.7 Å². The minimum atomic E-state index is 0.334. The first-order valence-corrected chi connectivity index (χ1v) is 11.0. The largest absolute Gasteiger partial charge is 0.322 e. The molecule has 1 fully saturated rings. The van der Waals surface area contributed by atoms with Gasteiger partial charge in [-0.1, -0.05) is 61.4 Å². The Morgan fingerprint density at radius 1 is 0.828 bits per heavy atom. The standard InChI is InChI=1S/C26H29N3/c1-20(28-16-8-2-3-9-17-28)26-27-24-12-6-7-13-25(24)29(26)19-21-14-15-22-10-4-5-11-23(22)18-21/h4-7,10-15,18,20H,2-3,8-9,16-17,19H2,1H3. The Kier molecular flexibility index (Phi) is 5.07. The molecule has 1 unspecified atom stereocenters. The summed E-state index contributed by atoms with van der Waals surface area (Å²) in [5.41, 5.74) is 3.67. The van der Waals surface area contributed by atoms with Crippen molar-refractivity contribution in [2.24, 2.45) is 0 Å². The second-order valence-corrected chi connectivity index (χ2v) is 8.35. The summed E-state index contributed by atoms with van der Waals surface area (Å²) in [6.07, 6.45) is 5.32. The van der Waals surface area contributed by atoms with Gasteiger partial charge in [-0.25, -0.2) is 4.98 Å². The van der Waals surface area contributed by atoms with Crippen molar-refractivity contribution >= 4 is 21.8 Å². The third kappa shape index (κ3) is 3.67. The van der Waals surface area contributed by atoms with E-state index in [9.17, 15) is 0 Å². The van der Waals surface area contributed by atoms with E-state index in [0.29, 0.717) is 6.04 Å². The van der Waals surface area contributed by atoms with Crippen LogP contribution in [0.2, 0.25) is 0 Å². The number of hydrogen-bond donors (Lipinski definition) is 0. The fourth-order valence-electron chi connectivity index (χ4n) is 4.74. The lowest BCUT2D eigenvalue weighted by atomic mass is 10.1. The molecule has 3 aromatic carbocycles. The Morgan fingerprint density at radius 3 is 2.38 bits per heavy atom. The zero-order chi connectivity index (χ0) is 19.6. The fourth-order valence-corrected chi connectivity index (χ4v) is 4.74. The van der Waals surface area contributed by atoms with Gasteiger partial charge in [0.05, 0.1) is 17.1 Å². The first-order valence-electron chi connectivity index (χ1n) is 11.0. The van der Waals surface area contributed by atoms with Gasteiger partial charge in [-0.05, 0) is 67.4 Å². The Morgan fingerprint density at radius 2 is 1.55 bits per heavy atom. The van der Waals surface area contributed by atoms with Crippen LogP contribution in [0.1, 0.15) is 50.0 Å². The van der Waals surface area contributed by atoms with Crippen LogP contribution < -0.4 is 0 Å². The molecule has 1 aliphatic rings. The minimum absolute atomic E-state index is 0.334. The van der Waals surface area contributed by atoms with E-state index in [1.807, 2.05) is 0 Å². The van der Waals surface area contributed by atoms with E-state index in [2.05, 4.69) is 83.1 Å². The molecule has 0 radical (unpaired) electrons. The van der Waals surface area contributed by atoms with E-state index in [1.54, 1.807) is 0 Å². The van der Waals surface area contributed by atoms with Crippen molar-refractivity contribution in [3.05, 3.63) is 78.1 Å². The van der Waals surface area contributed by atoms with Gasteiger partial charge in [0.15, 0.2) is 0 Å². The molecule has 29 heavy (non-hydrogen) atoms. The van der Waals surface area contributed by atoms with Crippen molar-refractivity contribution in [3.8, 4) is 0 Å². The molecule has 0 aliphatic carbocycles. The minimum Gasteiger partial charge on any atom is -0.322 e. The molecular formula is C26H29N3. The SMILES string of the molecule is CC(c1nc2ccccc2n1Cc1ccc2ccccc2c1)N1CCCCCC1. The predicted molar refractivity (Wildman–Crippen MR) is 121 cm³/mol. The molecule has 4 aromatic rings. The summed E-state index contributed by atoms with van der Waals surface area (Å²) >= 11 is 0. The molecule has 2 heterocycles. The van der Waals surface area contributed by atoms with Crippen LogP contribution in [-0.2, 0) is 6.54 Å². The van der Waals surface area contributed by atoms with Crippen LogP contribution in [0, 0.1) is 0 Å². The van der Waals surface area contributed by atoms with E-state index >= 15 is 0 Å². The molecule has 1 aliphatic heterocycles. The Bertz CT molecular complexity index is 1120. The highest BCUT2D eigenvalue weighted by Gasteiger charge is 2.23. The van der Waals surface area contributed by atoms with Gasteiger partial charge in [-0.3, -0.25) is 4.90 Å². The van der Waals surface area contributed by atoms with Gasteiger partial charge < -0.3 is 4.57 Å². The normalized spacial score (nSPS) is 16.9. The van der Waals surface area contributed by atoms with Gasteiger partial charge in [-0.2, -0.15) is 0 Å². The van der Waals surface area contributed by atoms with Crippen molar-refractivity contribution in [2.45, 2.75) is 45.2 Å². The average Bonchev–Trinajstić information content (AvgIpc) is 2.92. The summed E-state index contributed by atoms with van der Waals surface area (Å²) in [4.78, 5) is 7.73. The molecule has 148 valence electrons. The molecule has 0 spiro atoms. The van der Waals surface area contributed by atoms with Crippen LogP contribution in [0.5, 0.6) is 0 Å². The quantitative estimate of drug-likeness (QED) is 0.420. The lowest BCUT2D eigenvalue weighted by Gasteiger charge is -2.27. The van der Waals surface area contributed by atoms with Crippen LogP contribution in [0.3, 0.4) is 0 Å². The Labute approximate surface area is 173 Å². The second kappa shape index (κ2) is 8.00. The molecule has 0 bridgehead atoms. The zero-order valence-electron chi connectivity index (χ0n) is 17.2. The number of likely N-dealkylation sites (tertiary alicyclic amines) is 1. The second-order valence-electron chi connectivity index (χ2n) is 8.35. The Balaban J connectivity index is 1.55. The number of para-hydroxylation sites is 2. The third-order valence-electron chi connectivity index (χ3n) is 6.40. The van der Waals surface area contributed by atoms with Crippen LogP contribution in [-0.4, -0.2) is 27.5 Å². The average molecular weight is 384 g/mol. The van der Waals surface area contributed by atoms with E-state index in [-0.39, 0.29) is 0 Å². The van der Waals surface area contributed by atoms with Crippen LogP contribution in [0.4, 0.5) is 0 Å². The maximum Gasteiger partial charge on any atom is 0.127 e. The lowest BCUT2D eigenvalue weighted by Crippen LogP contribution is -2.30. The summed E-state index contributed by atoms with van der Waals surface area (Å²) in [7, 11) is 0. The molecule has 0 N–H and O–H groups in total. The maximum atomic E-state index is 5.10. The van der Waals surface area contributed by atoms with Gasteiger partial charge in [0, 0.05) is 6.54 Å². The topological polar surface area (TPSA) is 21.1 Å². The monoisotopic (exact) mass is 383 g/mol. The maximum absolute atomic E-state index is 5.10. The van der Waals surface area contributed by atoms with Crippen LogP contribution in [0.25, 0.3) is 21.8 Å². The van der Waals surface area contributed by atoms with Crippen molar-refractivity contribution in [1.29, 1.82) is 0 Å². The van der Waals surface area contributed by atoms with Gasteiger partial charge in [0.2, 0.25) is 0 Å². The van der Waals surface area contributed by atoms with Crippen molar-refractivity contribution < 1.29 is 0 Å². The highest BCUT2D eigenvalue weighted by Crippen LogP contribution is 2.28. The first kappa shape index (κ1) is 18.4. The number of hydrogen-bond acceptors (Lipinski definition) is 2. The smallest absolute Gasteiger partial charge is 0.127 e.